The Kier molecular flexibility index (Phi) is 3.84. The molecule has 0 spiro atoms. The molecule has 1 atom stereocenters. The first-order valence-electron chi connectivity index (χ1n) is 4.94. The second-order valence-electron chi connectivity index (χ2n) is 3.70. The van der Waals surface area contributed by atoms with Crippen molar-refractivity contribution in [2.24, 2.45) is 5.73 Å². The molecule has 0 aliphatic rings. The Balaban J connectivity index is 3.02. The summed E-state index contributed by atoms with van der Waals surface area (Å²) in [5.74, 6) is -0.289. The smallest absolute Gasteiger partial charge is 0.320 e. The molecule has 0 aliphatic carbocycles. The van der Waals surface area contributed by atoms with E-state index in [1.165, 1.54) is 0 Å². The third kappa shape index (κ3) is 2.49. The average Bonchev–Trinajstić information content (AvgIpc) is 2.22. The third-order valence-electron chi connectivity index (χ3n) is 2.48. The zero-order chi connectivity index (χ0) is 12.3. The van der Waals surface area contributed by atoms with Crippen LogP contribution in [0.5, 0.6) is 5.75 Å². The Hall–Kier alpha value is -1.62. The van der Waals surface area contributed by atoms with Crippen molar-refractivity contribution >= 4 is 5.97 Å². The number of carboxylic acid groups (broad SMARTS) is 1. The molecule has 1 aromatic heterocycles. The molecule has 5 heteroatoms. The number of methoxy groups -OCH3 is 1. The lowest BCUT2D eigenvalue weighted by Crippen LogP contribution is -2.32. The van der Waals surface area contributed by atoms with Gasteiger partial charge in [0.1, 0.15) is 11.8 Å². The van der Waals surface area contributed by atoms with Gasteiger partial charge in [-0.3, -0.25) is 9.78 Å². The van der Waals surface area contributed by atoms with Crippen LogP contribution in [0.25, 0.3) is 0 Å². The van der Waals surface area contributed by atoms with Crippen LogP contribution in [0.4, 0.5) is 0 Å². The molecule has 3 N–H and O–H groups in total. The molecule has 1 rings (SSSR count). The minimum Gasteiger partial charge on any atom is -0.496 e. The van der Waals surface area contributed by atoms with Crippen LogP contribution < -0.4 is 10.5 Å². The van der Waals surface area contributed by atoms with Crippen LogP contribution in [-0.2, 0) is 11.2 Å². The van der Waals surface area contributed by atoms with Gasteiger partial charge in [0.05, 0.1) is 7.11 Å². The van der Waals surface area contributed by atoms with Crippen molar-refractivity contribution in [2.45, 2.75) is 26.3 Å². The lowest BCUT2D eigenvalue weighted by Gasteiger charge is -2.13. The van der Waals surface area contributed by atoms with Crippen LogP contribution in [0.1, 0.15) is 16.8 Å². The third-order valence-corrected chi connectivity index (χ3v) is 2.48. The molecule has 0 amide bonds. The van der Waals surface area contributed by atoms with Crippen molar-refractivity contribution in [1.82, 2.24) is 4.98 Å². The molecule has 0 saturated carbocycles. The van der Waals surface area contributed by atoms with E-state index in [0.717, 1.165) is 16.9 Å². The Morgan fingerprint density at radius 2 is 2.25 bits per heavy atom. The fourth-order valence-corrected chi connectivity index (χ4v) is 1.57. The lowest BCUT2D eigenvalue weighted by molar-refractivity contribution is -0.138. The van der Waals surface area contributed by atoms with Crippen LogP contribution in [0.2, 0.25) is 0 Å². The predicted molar refractivity (Wildman–Crippen MR) is 59.6 cm³/mol. The first-order chi connectivity index (χ1) is 7.47. The number of nitrogens with zero attached hydrogens (tertiary/aromatic N) is 1. The molecule has 1 aromatic rings. The summed E-state index contributed by atoms with van der Waals surface area (Å²) >= 11 is 0. The number of aryl methyl sites for hydroxylation is 1. The Morgan fingerprint density at radius 1 is 1.62 bits per heavy atom. The Morgan fingerprint density at radius 3 is 2.75 bits per heavy atom. The maximum absolute atomic E-state index is 10.7. The van der Waals surface area contributed by atoms with Crippen LogP contribution in [-0.4, -0.2) is 29.2 Å². The van der Waals surface area contributed by atoms with Gasteiger partial charge in [-0.2, -0.15) is 0 Å². The molecule has 88 valence electrons. The number of rotatable bonds is 4. The molecular formula is C11H16N2O3. The number of hydrogen-bond acceptors (Lipinski definition) is 4. The largest absolute Gasteiger partial charge is 0.496 e. The minimum atomic E-state index is -1.03. The van der Waals surface area contributed by atoms with Gasteiger partial charge in [0.2, 0.25) is 0 Å². The highest BCUT2D eigenvalue weighted by Gasteiger charge is 2.16. The maximum Gasteiger partial charge on any atom is 0.320 e. The Bertz CT molecular complexity index is 404. The summed E-state index contributed by atoms with van der Waals surface area (Å²) in [6.07, 6.45) is 1.87. The van der Waals surface area contributed by atoms with Crippen molar-refractivity contribution in [3.05, 3.63) is 23.0 Å². The first kappa shape index (κ1) is 12.4. The zero-order valence-electron chi connectivity index (χ0n) is 9.65. The second-order valence-corrected chi connectivity index (χ2v) is 3.70. The van der Waals surface area contributed by atoms with Gasteiger partial charge >= 0.3 is 5.97 Å². The van der Waals surface area contributed by atoms with Crippen molar-refractivity contribution in [3.63, 3.8) is 0 Å². The fourth-order valence-electron chi connectivity index (χ4n) is 1.57. The highest BCUT2D eigenvalue weighted by molar-refractivity contribution is 5.73. The van der Waals surface area contributed by atoms with Gasteiger partial charge in [-0.05, 0) is 13.8 Å². The van der Waals surface area contributed by atoms with Crippen LogP contribution >= 0.6 is 0 Å². The van der Waals surface area contributed by atoms with Gasteiger partial charge in [0.15, 0.2) is 0 Å². The quantitative estimate of drug-likeness (QED) is 0.784. The van der Waals surface area contributed by atoms with Gasteiger partial charge in [-0.15, -0.1) is 0 Å². The van der Waals surface area contributed by atoms with E-state index in [1.54, 1.807) is 13.3 Å². The summed E-state index contributed by atoms with van der Waals surface area (Å²) in [6.45, 7) is 3.74. The van der Waals surface area contributed by atoms with Gasteiger partial charge in [-0.1, -0.05) is 0 Å². The van der Waals surface area contributed by atoms with Crippen molar-refractivity contribution in [1.29, 1.82) is 0 Å². The van der Waals surface area contributed by atoms with E-state index < -0.39 is 12.0 Å². The summed E-state index contributed by atoms with van der Waals surface area (Å²) in [7, 11) is 1.58. The summed E-state index contributed by atoms with van der Waals surface area (Å²) in [5, 5.41) is 8.73. The van der Waals surface area contributed by atoms with Crippen molar-refractivity contribution in [3.8, 4) is 5.75 Å². The molecule has 0 unspecified atom stereocenters. The number of carbonyl (C=O) groups is 1. The molecule has 0 radical (unpaired) electrons. The van der Waals surface area contributed by atoms with E-state index in [2.05, 4.69) is 4.98 Å². The highest BCUT2D eigenvalue weighted by Crippen LogP contribution is 2.24. The number of aliphatic carboxylic acids is 1. The number of hydrogen-bond donors (Lipinski definition) is 2. The molecule has 0 aliphatic heterocycles. The number of nitrogens with two attached hydrogens (primary N) is 1. The molecule has 0 fully saturated rings. The van der Waals surface area contributed by atoms with Gasteiger partial charge < -0.3 is 15.6 Å². The minimum absolute atomic E-state index is 0.206. The van der Waals surface area contributed by atoms with Crippen LogP contribution in [0.3, 0.4) is 0 Å². The van der Waals surface area contributed by atoms with E-state index in [-0.39, 0.29) is 6.42 Å². The summed E-state index contributed by atoms with van der Waals surface area (Å²) in [6, 6.07) is -0.932. The zero-order valence-corrected chi connectivity index (χ0v) is 9.65. The summed E-state index contributed by atoms with van der Waals surface area (Å²) in [4.78, 5) is 14.8. The Labute approximate surface area is 94.2 Å². The van der Waals surface area contributed by atoms with E-state index in [4.69, 9.17) is 15.6 Å². The lowest BCUT2D eigenvalue weighted by atomic mass is 10.1. The second kappa shape index (κ2) is 4.94. The monoisotopic (exact) mass is 224 g/mol. The normalized spacial score (nSPS) is 12.2. The average molecular weight is 224 g/mol. The van der Waals surface area contributed by atoms with Crippen LogP contribution in [0, 0.1) is 13.8 Å². The molecule has 0 aromatic carbocycles. The molecular weight excluding hydrogens is 208 g/mol. The van der Waals surface area contributed by atoms with E-state index >= 15 is 0 Å². The SMILES string of the molecule is COc1c(C)cnc(C[C@@H](N)C(=O)O)c1C. The van der Waals surface area contributed by atoms with Crippen molar-refractivity contribution in [2.75, 3.05) is 7.11 Å². The molecule has 16 heavy (non-hydrogen) atoms. The summed E-state index contributed by atoms with van der Waals surface area (Å²) < 4.78 is 5.23. The predicted octanol–water partition coefficient (Wildman–Crippen LogP) is 0.661. The fraction of sp³-hybridized carbons (Fsp3) is 0.455. The number of aromatic nitrogens is 1. The standard InChI is InChI=1S/C11H16N2O3/c1-6-5-13-9(4-8(12)11(14)15)7(2)10(6)16-3/h5,8H,4,12H2,1-3H3,(H,14,15)/t8-/m1/s1. The van der Waals surface area contributed by atoms with E-state index in [9.17, 15) is 4.79 Å². The van der Waals surface area contributed by atoms with Gasteiger partial charge in [0, 0.05) is 29.4 Å². The molecule has 0 saturated heterocycles. The van der Waals surface area contributed by atoms with Crippen LogP contribution in [0.15, 0.2) is 6.20 Å². The summed E-state index contributed by atoms with van der Waals surface area (Å²) in [5.41, 5.74) is 7.90. The highest BCUT2D eigenvalue weighted by atomic mass is 16.5. The number of pyridine rings is 1. The number of ether oxygens (including phenoxy) is 1. The van der Waals surface area contributed by atoms with Gasteiger partial charge in [-0.25, -0.2) is 0 Å². The van der Waals surface area contributed by atoms with Crippen molar-refractivity contribution < 1.29 is 14.6 Å². The number of carboxylic acids is 1. The first-order valence-corrected chi connectivity index (χ1v) is 4.94. The molecule has 1 heterocycles. The van der Waals surface area contributed by atoms with E-state index in [1.807, 2.05) is 13.8 Å². The van der Waals surface area contributed by atoms with E-state index in [0.29, 0.717) is 5.69 Å². The molecule has 5 nitrogen and oxygen atoms in total. The molecule has 0 bridgehead atoms. The maximum atomic E-state index is 10.7. The van der Waals surface area contributed by atoms with Gasteiger partial charge in [0.25, 0.3) is 0 Å². The topological polar surface area (TPSA) is 85.4 Å².